The van der Waals surface area contributed by atoms with Crippen molar-refractivity contribution < 1.29 is 14.3 Å². The largest absolute Gasteiger partial charge is 0.493 e. The molecule has 7 heteroatoms. The minimum atomic E-state index is -0.526. The van der Waals surface area contributed by atoms with Gasteiger partial charge in [-0.1, -0.05) is 17.7 Å². The standard InChI is InChI=1S/C20H18BrClN2O3/c1-4-27-19-16(21)8-13(9-18(19)26-3)7-14(11-23)20(25)24-15-6-5-12(2)17(22)10-15/h5-10H,4H2,1-3H3,(H,24,25)/b14-7-. The number of aryl methyl sites for hydroxylation is 1. The molecular formula is C20H18BrClN2O3. The van der Waals surface area contributed by atoms with Crippen molar-refractivity contribution in [3.63, 3.8) is 0 Å². The summed E-state index contributed by atoms with van der Waals surface area (Å²) in [6.07, 6.45) is 1.48. The smallest absolute Gasteiger partial charge is 0.266 e. The SMILES string of the molecule is CCOc1c(Br)cc(/C=C(/C#N)C(=O)Nc2ccc(C)c(Cl)c2)cc1OC. The third-order valence-corrected chi connectivity index (χ3v) is 4.64. The molecule has 1 amide bonds. The summed E-state index contributed by atoms with van der Waals surface area (Å²) in [7, 11) is 1.52. The number of rotatable bonds is 6. The zero-order valence-electron chi connectivity index (χ0n) is 15.1. The lowest BCUT2D eigenvalue weighted by Gasteiger charge is -2.12. The summed E-state index contributed by atoms with van der Waals surface area (Å²) < 4.78 is 11.5. The Morgan fingerprint density at radius 3 is 2.70 bits per heavy atom. The number of hydrogen-bond acceptors (Lipinski definition) is 4. The summed E-state index contributed by atoms with van der Waals surface area (Å²) in [6, 6.07) is 10.5. The lowest BCUT2D eigenvalue weighted by atomic mass is 10.1. The number of nitriles is 1. The summed E-state index contributed by atoms with van der Waals surface area (Å²) in [6.45, 7) is 4.22. The van der Waals surface area contributed by atoms with E-state index >= 15 is 0 Å². The van der Waals surface area contributed by atoms with Crippen molar-refractivity contribution >= 4 is 45.2 Å². The van der Waals surface area contributed by atoms with Gasteiger partial charge in [0.05, 0.1) is 18.2 Å². The van der Waals surface area contributed by atoms with Crippen LogP contribution in [0.25, 0.3) is 6.08 Å². The van der Waals surface area contributed by atoms with Gasteiger partial charge in [-0.25, -0.2) is 0 Å². The average Bonchev–Trinajstić information content (AvgIpc) is 2.64. The highest BCUT2D eigenvalue weighted by molar-refractivity contribution is 9.10. The number of nitrogens with one attached hydrogen (secondary N) is 1. The van der Waals surface area contributed by atoms with E-state index < -0.39 is 5.91 Å². The van der Waals surface area contributed by atoms with Gasteiger partial charge < -0.3 is 14.8 Å². The van der Waals surface area contributed by atoms with Gasteiger partial charge in [0.1, 0.15) is 11.6 Å². The first kappa shape index (κ1) is 20.8. The number of anilines is 1. The van der Waals surface area contributed by atoms with Crippen LogP contribution < -0.4 is 14.8 Å². The van der Waals surface area contributed by atoms with Crippen molar-refractivity contribution in [2.24, 2.45) is 0 Å². The van der Waals surface area contributed by atoms with Gasteiger partial charge in [0, 0.05) is 10.7 Å². The van der Waals surface area contributed by atoms with E-state index in [0.717, 1.165) is 5.56 Å². The van der Waals surface area contributed by atoms with Crippen LogP contribution in [-0.4, -0.2) is 19.6 Å². The molecular weight excluding hydrogens is 432 g/mol. The quantitative estimate of drug-likeness (QED) is 0.476. The number of carbonyl (C=O) groups excluding carboxylic acids is 1. The molecule has 27 heavy (non-hydrogen) atoms. The molecule has 2 aromatic carbocycles. The molecule has 0 aliphatic heterocycles. The van der Waals surface area contributed by atoms with Crippen LogP contribution in [0.2, 0.25) is 5.02 Å². The molecule has 0 aliphatic carbocycles. The number of carbonyl (C=O) groups is 1. The zero-order valence-corrected chi connectivity index (χ0v) is 17.4. The van der Waals surface area contributed by atoms with Crippen LogP contribution in [-0.2, 0) is 4.79 Å². The molecule has 0 fully saturated rings. The van der Waals surface area contributed by atoms with E-state index in [4.69, 9.17) is 21.1 Å². The molecule has 0 radical (unpaired) electrons. The Bertz CT molecular complexity index is 936. The summed E-state index contributed by atoms with van der Waals surface area (Å²) in [5.74, 6) is 0.538. The Hall–Kier alpha value is -2.49. The van der Waals surface area contributed by atoms with Crippen LogP contribution in [0.3, 0.4) is 0 Å². The fourth-order valence-corrected chi connectivity index (χ4v) is 3.05. The Morgan fingerprint density at radius 2 is 2.11 bits per heavy atom. The van der Waals surface area contributed by atoms with Crippen LogP contribution in [0.1, 0.15) is 18.1 Å². The molecule has 1 N–H and O–H groups in total. The highest BCUT2D eigenvalue weighted by Gasteiger charge is 2.14. The predicted molar refractivity (Wildman–Crippen MR) is 110 cm³/mol. The first-order chi connectivity index (χ1) is 12.9. The second-order valence-corrected chi connectivity index (χ2v) is 6.82. The molecule has 0 aliphatic rings. The predicted octanol–water partition coefficient (Wildman–Crippen LogP) is 5.36. The van der Waals surface area contributed by atoms with E-state index in [1.165, 1.54) is 13.2 Å². The van der Waals surface area contributed by atoms with Gasteiger partial charge in [0.25, 0.3) is 5.91 Å². The maximum Gasteiger partial charge on any atom is 0.266 e. The van der Waals surface area contributed by atoms with Gasteiger partial charge in [-0.2, -0.15) is 5.26 Å². The highest BCUT2D eigenvalue weighted by Crippen LogP contribution is 2.37. The number of amides is 1. The monoisotopic (exact) mass is 448 g/mol. The Labute approximate surface area is 171 Å². The van der Waals surface area contributed by atoms with Gasteiger partial charge in [-0.3, -0.25) is 4.79 Å². The summed E-state index contributed by atoms with van der Waals surface area (Å²) in [4.78, 5) is 12.4. The third kappa shape index (κ3) is 5.25. The number of methoxy groups -OCH3 is 1. The lowest BCUT2D eigenvalue weighted by molar-refractivity contribution is -0.112. The molecule has 140 valence electrons. The molecule has 5 nitrogen and oxygen atoms in total. The third-order valence-electron chi connectivity index (χ3n) is 3.65. The fourth-order valence-electron chi connectivity index (χ4n) is 2.29. The number of ether oxygens (including phenoxy) is 2. The Kier molecular flexibility index (Phi) is 7.28. The average molecular weight is 450 g/mol. The molecule has 0 bridgehead atoms. The number of nitrogens with zero attached hydrogens (tertiary/aromatic N) is 1. The first-order valence-corrected chi connectivity index (χ1v) is 9.26. The van der Waals surface area contributed by atoms with Crippen LogP contribution in [0.4, 0.5) is 5.69 Å². The molecule has 0 atom stereocenters. The first-order valence-electron chi connectivity index (χ1n) is 8.09. The second-order valence-electron chi connectivity index (χ2n) is 5.56. The van der Waals surface area contributed by atoms with Gasteiger partial charge in [-0.05, 0) is 71.2 Å². The molecule has 2 rings (SSSR count). The normalized spacial score (nSPS) is 10.9. The molecule has 0 spiro atoms. The van der Waals surface area contributed by atoms with Crippen molar-refractivity contribution in [1.82, 2.24) is 0 Å². The van der Waals surface area contributed by atoms with E-state index in [2.05, 4.69) is 21.2 Å². The van der Waals surface area contributed by atoms with E-state index in [-0.39, 0.29) is 5.57 Å². The van der Waals surface area contributed by atoms with Gasteiger partial charge in [0.15, 0.2) is 11.5 Å². The van der Waals surface area contributed by atoms with Crippen molar-refractivity contribution in [2.75, 3.05) is 19.0 Å². The maximum absolute atomic E-state index is 12.4. The topological polar surface area (TPSA) is 71.3 Å². The van der Waals surface area contributed by atoms with Crippen LogP contribution in [0, 0.1) is 18.3 Å². The number of benzene rings is 2. The maximum atomic E-state index is 12.4. The summed E-state index contributed by atoms with van der Waals surface area (Å²) in [5.41, 5.74) is 1.99. The second kappa shape index (κ2) is 9.45. The lowest BCUT2D eigenvalue weighted by Crippen LogP contribution is -2.13. The van der Waals surface area contributed by atoms with Crippen molar-refractivity contribution in [2.45, 2.75) is 13.8 Å². The molecule has 0 heterocycles. The van der Waals surface area contributed by atoms with Gasteiger partial charge >= 0.3 is 0 Å². The summed E-state index contributed by atoms with van der Waals surface area (Å²) >= 11 is 9.49. The highest BCUT2D eigenvalue weighted by atomic mass is 79.9. The molecule has 0 aromatic heterocycles. The molecule has 0 saturated heterocycles. The van der Waals surface area contributed by atoms with E-state index in [0.29, 0.717) is 38.9 Å². The van der Waals surface area contributed by atoms with E-state index in [1.807, 2.05) is 19.9 Å². The Morgan fingerprint density at radius 1 is 1.37 bits per heavy atom. The van der Waals surface area contributed by atoms with E-state index in [9.17, 15) is 10.1 Å². The number of halogens is 2. The molecule has 2 aromatic rings. The zero-order chi connectivity index (χ0) is 20.0. The van der Waals surface area contributed by atoms with Gasteiger partial charge in [-0.15, -0.1) is 0 Å². The summed E-state index contributed by atoms with van der Waals surface area (Å²) in [5, 5.41) is 12.6. The minimum Gasteiger partial charge on any atom is -0.493 e. The van der Waals surface area contributed by atoms with Crippen LogP contribution in [0.5, 0.6) is 11.5 Å². The van der Waals surface area contributed by atoms with Crippen molar-refractivity contribution in [3.05, 3.63) is 56.5 Å². The van der Waals surface area contributed by atoms with Crippen LogP contribution in [0.15, 0.2) is 40.4 Å². The van der Waals surface area contributed by atoms with Crippen molar-refractivity contribution in [3.8, 4) is 17.6 Å². The molecule has 0 unspecified atom stereocenters. The van der Waals surface area contributed by atoms with Gasteiger partial charge in [0.2, 0.25) is 0 Å². The van der Waals surface area contributed by atoms with E-state index in [1.54, 1.807) is 30.3 Å². The van der Waals surface area contributed by atoms with Crippen LogP contribution >= 0.6 is 27.5 Å². The molecule has 0 saturated carbocycles. The van der Waals surface area contributed by atoms with Crippen molar-refractivity contribution in [1.29, 1.82) is 5.26 Å². The minimum absolute atomic E-state index is 0.0511. The number of hydrogen-bond donors (Lipinski definition) is 1. The fraction of sp³-hybridized carbons (Fsp3) is 0.200. The Balaban J connectivity index is 2.32.